The zero-order chi connectivity index (χ0) is 41.1. The van der Waals surface area contributed by atoms with Crippen LogP contribution in [0.25, 0.3) is 0 Å². The SMILES string of the molecule is CCO[Si](CC)(OCC)OCCS(CCC1CC2CCC1C2)(SSS(S)(C[Si](OCC)(OCC)OCC)SS)SS(S)(C[Si](OCC)(OCC)OCC)SS. The summed E-state index contributed by atoms with van der Waals surface area (Å²) in [5.74, 6) is 4.33. The van der Waals surface area contributed by atoms with Crippen molar-refractivity contribution in [2.75, 3.05) is 81.7 Å². The van der Waals surface area contributed by atoms with Gasteiger partial charge in [-0.15, -0.1) is 31.4 Å². The summed E-state index contributed by atoms with van der Waals surface area (Å²) in [5.41, 5.74) is 0. The van der Waals surface area contributed by atoms with Crippen LogP contribution in [-0.2, 0) is 39.8 Å². The van der Waals surface area contributed by atoms with Crippen LogP contribution in [0.5, 0.6) is 0 Å². The van der Waals surface area contributed by atoms with Gasteiger partial charge < -0.3 is 39.8 Å². The molecule has 2 saturated carbocycles. The van der Waals surface area contributed by atoms with Crippen molar-refractivity contribution < 1.29 is 39.8 Å². The molecule has 55 heavy (non-hydrogen) atoms. The summed E-state index contributed by atoms with van der Waals surface area (Å²) in [5, 5.41) is 1.15. The van der Waals surface area contributed by atoms with Gasteiger partial charge >= 0.3 is 26.4 Å². The summed E-state index contributed by atoms with van der Waals surface area (Å²) in [7, 11) is -5.48. The van der Waals surface area contributed by atoms with Crippen LogP contribution in [0.3, 0.4) is 0 Å². The molecule has 6 atom stereocenters. The van der Waals surface area contributed by atoms with Gasteiger partial charge in [-0.1, -0.05) is 50.9 Å². The second-order valence-corrected chi connectivity index (χ2v) is 55.7. The van der Waals surface area contributed by atoms with E-state index >= 15 is 0 Å². The minimum Gasteiger partial charge on any atom is -0.374 e. The molecule has 9 nitrogen and oxygen atoms in total. The lowest BCUT2D eigenvalue weighted by atomic mass is 9.87. The fraction of sp³-hybridized carbons (Fsp3) is 1.00. The predicted molar refractivity (Wildman–Crippen MR) is 276 cm³/mol. The molecule has 0 radical (unpaired) electrons. The minimum absolute atomic E-state index is 0.506. The van der Waals surface area contributed by atoms with E-state index in [4.69, 9.17) is 86.5 Å². The molecule has 0 spiro atoms. The molecule has 0 aromatic rings. The Bertz CT molecular complexity index is 1020. The molecule has 0 aliphatic heterocycles. The monoisotopic (exact) mass is 1060 g/mol. The van der Waals surface area contributed by atoms with Gasteiger partial charge in [-0.2, -0.15) is 0 Å². The first-order chi connectivity index (χ1) is 26.2. The summed E-state index contributed by atoms with van der Waals surface area (Å²) in [6, 6.07) is 0.718. The van der Waals surface area contributed by atoms with Gasteiger partial charge in [-0.3, -0.25) is 0 Å². The number of hydrogen-bond donors (Lipinski definition) is 4. The van der Waals surface area contributed by atoms with Crippen LogP contribution in [0.2, 0.25) is 6.04 Å². The smallest absolute Gasteiger partial charge is 0.374 e. The molecule has 0 heterocycles. The van der Waals surface area contributed by atoms with Crippen LogP contribution in [-0.4, -0.2) is 108 Å². The van der Waals surface area contributed by atoms with Crippen molar-refractivity contribution in [1.82, 2.24) is 0 Å². The van der Waals surface area contributed by atoms with E-state index in [-0.39, 0.29) is 0 Å². The maximum Gasteiger partial charge on any atom is 0.512 e. The molecule has 24 heteroatoms. The highest BCUT2D eigenvalue weighted by Crippen LogP contribution is 2.94. The van der Waals surface area contributed by atoms with Crippen molar-refractivity contribution in [3.8, 4) is 0 Å². The van der Waals surface area contributed by atoms with Crippen molar-refractivity contribution >= 4 is 145 Å². The Balaban J connectivity index is 2.67. The fourth-order valence-electron chi connectivity index (χ4n) is 7.19. The number of fused-ring (bicyclic) bond motifs is 2. The molecule has 2 fully saturated rings. The first-order valence-electron chi connectivity index (χ1n) is 19.6. The summed E-state index contributed by atoms with van der Waals surface area (Å²) in [6.45, 7) is 22.8. The molecule has 2 aliphatic rings. The van der Waals surface area contributed by atoms with E-state index in [9.17, 15) is 0 Å². The molecule has 0 saturated heterocycles. The van der Waals surface area contributed by atoms with Crippen LogP contribution in [0, 0.1) is 17.8 Å². The standard InChI is InChI=1S/C31H72O9S12Si3/c1-10-32-53(18-9,33-11-2)40-22-24-50(23-21-31-26-29-19-20-30(31)25-29,49-52(44,46-42)28-55(37-15-6,38-16-7)39-17-8)47-48-51(43,45-41)27-54(34-12-3,35-13-4)36-14-5/h29-31,41-44H,10-28H2,1-9H3. The largest absolute Gasteiger partial charge is 0.512 e. The van der Waals surface area contributed by atoms with Crippen molar-refractivity contribution in [2.24, 2.45) is 17.8 Å². The molecule has 0 N–H and O–H groups in total. The Labute approximate surface area is 380 Å². The first-order valence-corrected chi connectivity index (χ1v) is 42.9. The lowest BCUT2D eigenvalue weighted by Crippen LogP contribution is -2.50. The molecule has 6 unspecified atom stereocenters. The lowest BCUT2D eigenvalue weighted by Gasteiger charge is -2.48. The quantitative estimate of drug-likeness (QED) is 0.0276. The number of rotatable bonds is 35. The second kappa shape index (κ2) is 28.4. The zero-order valence-electron chi connectivity index (χ0n) is 34.4. The van der Waals surface area contributed by atoms with Gasteiger partial charge in [0.25, 0.3) is 0 Å². The van der Waals surface area contributed by atoms with Crippen LogP contribution >= 0.6 is 118 Å². The number of thiol groups is 4. The highest BCUT2D eigenvalue weighted by molar-refractivity contribution is 9.73. The van der Waals surface area contributed by atoms with Gasteiger partial charge in [-0.05, 0) is 154 Å². The molecule has 2 aliphatic carbocycles. The van der Waals surface area contributed by atoms with Crippen LogP contribution < -0.4 is 0 Å². The van der Waals surface area contributed by atoms with Crippen molar-refractivity contribution in [3.63, 3.8) is 0 Å². The third-order valence-electron chi connectivity index (χ3n) is 9.19. The average Bonchev–Trinajstić information content (AvgIpc) is 3.78. The van der Waals surface area contributed by atoms with Crippen LogP contribution in [0.15, 0.2) is 0 Å². The van der Waals surface area contributed by atoms with E-state index < -0.39 is 48.8 Å². The summed E-state index contributed by atoms with van der Waals surface area (Å²) in [4.78, 5) is 0. The van der Waals surface area contributed by atoms with Gasteiger partial charge in [-0.25, -0.2) is 0 Å². The molecule has 2 rings (SSSR count). The lowest BCUT2D eigenvalue weighted by molar-refractivity contribution is 0.0731. The van der Waals surface area contributed by atoms with Gasteiger partial charge in [0.05, 0.1) is 10.8 Å². The zero-order valence-corrected chi connectivity index (χ0v) is 47.5. The molecule has 2 bridgehead atoms. The highest BCUT2D eigenvalue weighted by atomic mass is 34.1. The van der Waals surface area contributed by atoms with Gasteiger partial charge in [0, 0.05) is 71.3 Å². The van der Waals surface area contributed by atoms with E-state index in [1.165, 1.54) is 51.8 Å². The van der Waals surface area contributed by atoms with E-state index in [1.807, 2.05) is 84.9 Å². The molecular weight excluding hydrogens is 985 g/mol. The molecule has 334 valence electrons. The molecule has 0 amide bonds. The third kappa shape index (κ3) is 18.1. The van der Waals surface area contributed by atoms with Crippen molar-refractivity contribution in [3.05, 3.63) is 0 Å². The summed E-state index contributed by atoms with van der Waals surface area (Å²) < 4.78 is 57.8. The topological polar surface area (TPSA) is 83.1 Å². The Morgan fingerprint density at radius 3 is 1.38 bits per heavy atom. The van der Waals surface area contributed by atoms with Gasteiger partial charge in [0.2, 0.25) is 0 Å². The molecular formula is C31H72O9S12Si3. The van der Waals surface area contributed by atoms with Crippen LogP contribution in [0.1, 0.15) is 94.4 Å². The number of hydrogen-bond acceptors (Lipinski definition) is 18. The fourth-order valence-corrected chi connectivity index (χ4v) is 77.7. The van der Waals surface area contributed by atoms with E-state index in [0.29, 0.717) is 70.2 Å². The first kappa shape index (κ1) is 55.6. The molecule has 0 aromatic carbocycles. The Kier molecular flexibility index (Phi) is 28.7. The Hall–Kier alpha value is 4.49. The predicted octanol–water partition coefficient (Wildman–Crippen LogP) is 12.9. The van der Waals surface area contributed by atoms with Crippen molar-refractivity contribution in [2.45, 2.75) is 100 Å². The maximum atomic E-state index is 6.82. The van der Waals surface area contributed by atoms with Crippen molar-refractivity contribution in [1.29, 1.82) is 0 Å². The summed E-state index contributed by atoms with van der Waals surface area (Å²) >= 11 is 20.9. The summed E-state index contributed by atoms with van der Waals surface area (Å²) in [6.07, 6.45) is 6.65. The normalized spacial score (nSPS) is 24.3. The molecule has 0 aromatic heterocycles. The Morgan fingerprint density at radius 2 is 1.00 bits per heavy atom. The van der Waals surface area contributed by atoms with E-state index in [1.54, 1.807) is 0 Å². The maximum absolute atomic E-state index is 6.82. The van der Waals surface area contributed by atoms with Gasteiger partial charge in [0.15, 0.2) is 0 Å². The average molecular weight is 1060 g/mol. The van der Waals surface area contributed by atoms with Gasteiger partial charge in [0.1, 0.15) is 0 Å². The van der Waals surface area contributed by atoms with E-state index in [2.05, 4.69) is 6.92 Å². The highest BCUT2D eigenvalue weighted by Gasteiger charge is 2.52. The third-order valence-corrected chi connectivity index (χ3v) is 68.9. The second-order valence-electron chi connectivity index (χ2n) is 12.9. The van der Waals surface area contributed by atoms with Crippen LogP contribution in [0.4, 0.5) is 0 Å². The Morgan fingerprint density at radius 1 is 0.545 bits per heavy atom. The van der Waals surface area contributed by atoms with E-state index in [0.717, 1.165) is 35.3 Å². The minimum atomic E-state index is -3.09.